The van der Waals surface area contributed by atoms with Gasteiger partial charge < -0.3 is 15.2 Å². The van der Waals surface area contributed by atoms with E-state index in [1.165, 1.54) is 6.07 Å². The molecule has 1 heterocycles. The molecule has 1 aromatic carbocycles. The molecule has 0 unspecified atom stereocenters. The van der Waals surface area contributed by atoms with E-state index in [-0.39, 0.29) is 17.7 Å². The number of nitrogens with one attached hydrogen (secondary N) is 1. The van der Waals surface area contributed by atoms with Crippen molar-refractivity contribution in [2.75, 3.05) is 0 Å². The largest absolute Gasteiger partial charge is 0.478 e. The Morgan fingerprint density at radius 3 is 2.44 bits per heavy atom. The van der Waals surface area contributed by atoms with Gasteiger partial charge in [-0.1, -0.05) is 24.3 Å². The summed E-state index contributed by atoms with van der Waals surface area (Å²) < 4.78 is 0. The van der Waals surface area contributed by atoms with Gasteiger partial charge in [-0.15, -0.1) is 0 Å². The van der Waals surface area contributed by atoms with Crippen molar-refractivity contribution < 1.29 is 15.0 Å². The second kappa shape index (κ2) is 4.85. The van der Waals surface area contributed by atoms with E-state index in [1.54, 1.807) is 24.3 Å². The predicted molar refractivity (Wildman–Crippen MR) is 65.4 cm³/mol. The Balaban J connectivity index is 2.51. The number of pyridine rings is 1. The van der Waals surface area contributed by atoms with Crippen molar-refractivity contribution >= 4 is 5.97 Å². The lowest BCUT2D eigenvalue weighted by atomic mass is 10.0. The summed E-state index contributed by atoms with van der Waals surface area (Å²) in [4.78, 5) is 24.9. The van der Waals surface area contributed by atoms with Crippen LogP contribution in [-0.4, -0.2) is 21.2 Å². The Hall–Kier alpha value is -2.40. The molecule has 0 aliphatic rings. The van der Waals surface area contributed by atoms with Crippen molar-refractivity contribution in [3.63, 3.8) is 0 Å². The van der Waals surface area contributed by atoms with E-state index < -0.39 is 5.97 Å². The fraction of sp³-hybridized carbons (Fsp3) is 0.0769. The van der Waals surface area contributed by atoms with Gasteiger partial charge in [0.1, 0.15) is 0 Å². The minimum Gasteiger partial charge on any atom is -0.478 e. The summed E-state index contributed by atoms with van der Waals surface area (Å²) in [7, 11) is 0. The van der Waals surface area contributed by atoms with Crippen LogP contribution in [0, 0.1) is 0 Å². The van der Waals surface area contributed by atoms with Crippen LogP contribution in [0.15, 0.2) is 41.3 Å². The van der Waals surface area contributed by atoms with Crippen LogP contribution in [0.3, 0.4) is 0 Å². The molecule has 5 heteroatoms. The van der Waals surface area contributed by atoms with Crippen LogP contribution in [0.2, 0.25) is 0 Å². The molecule has 5 nitrogen and oxygen atoms in total. The Morgan fingerprint density at radius 1 is 1.22 bits per heavy atom. The predicted octanol–water partition coefficient (Wildman–Crippen LogP) is 1.23. The quantitative estimate of drug-likeness (QED) is 0.758. The first kappa shape index (κ1) is 12.1. The molecule has 0 saturated carbocycles. The van der Waals surface area contributed by atoms with Crippen molar-refractivity contribution in [2.24, 2.45) is 0 Å². The average molecular weight is 245 g/mol. The molecule has 0 aliphatic heterocycles. The molecule has 0 saturated heterocycles. The maximum absolute atomic E-state index is 11.7. The summed E-state index contributed by atoms with van der Waals surface area (Å²) in [5, 5.41) is 17.8. The van der Waals surface area contributed by atoms with Gasteiger partial charge in [-0.2, -0.15) is 0 Å². The van der Waals surface area contributed by atoms with Gasteiger partial charge in [0, 0.05) is 11.8 Å². The molecule has 92 valence electrons. The van der Waals surface area contributed by atoms with E-state index in [1.807, 2.05) is 0 Å². The molecule has 18 heavy (non-hydrogen) atoms. The number of rotatable bonds is 3. The van der Waals surface area contributed by atoms with E-state index in [9.17, 15) is 9.59 Å². The Morgan fingerprint density at radius 2 is 1.89 bits per heavy atom. The first-order valence-corrected chi connectivity index (χ1v) is 5.28. The monoisotopic (exact) mass is 245 g/mol. The number of aliphatic hydroxyl groups excluding tert-OH is 1. The van der Waals surface area contributed by atoms with E-state index in [4.69, 9.17) is 10.2 Å². The third-order valence-corrected chi connectivity index (χ3v) is 2.60. The van der Waals surface area contributed by atoms with Gasteiger partial charge in [0.05, 0.1) is 12.2 Å². The summed E-state index contributed by atoms with van der Waals surface area (Å²) in [5.41, 5.74) is 1.30. The van der Waals surface area contributed by atoms with E-state index in [0.717, 1.165) is 11.8 Å². The van der Waals surface area contributed by atoms with Crippen LogP contribution in [0.5, 0.6) is 0 Å². The van der Waals surface area contributed by atoms with Crippen LogP contribution in [-0.2, 0) is 6.61 Å². The molecule has 0 radical (unpaired) electrons. The summed E-state index contributed by atoms with van der Waals surface area (Å²) in [6.07, 6.45) is 1.16. The normalized spacial score (nSPS) is 10.3. The Bertz CT molecular complexity index is 628. The van der Waals surface area contributed by atoms with Crippen molar-refractivity contribution in [3.05, 3.63) is 58.0 Å². The highest BCUT2D eigenvalue weighted by Gasteiger charge is 2.08. The molecular weight excluding hydrogens is 234 g/mol. The first-order valence-electron chi connectivity index (χ1n) is 5.28. The SMILES string of the molecule is O=C(O)c1c[nH]c(=O)c(-c2ccc(CO)cc2)c1. The fourth-order valence-corrected chi connectivity index (χ4v) is 1.61. The Labute approximate surface area is 102 Å². The van der Waals surface area contributed by atoms with Crippen molar-refractivity contribution in [2.45, 2.75) is 6.61 Å². The summed E-state index contributed by atoms with van der Waals surface area (Å²) in [6.45, 7) is -0.0776. The summed E-state index contributed by atoms with van der Waals surface area (Å²) >= 11 is 0. The van der Waals surface area contributed by atoms with E-state index >= 15 is 0 Å². The number of aromatic carboxylic acids is 1. The third kappa shape index (κ3) is 2.31. The first-order chi connectivity index (χ1) is 8.61. The molecule has 0 aliphatic carbocycles. The molecule has 3 N–H and O–H groups in total. The number of aromatic nitrogens is 1. The number of hydrogen-bond acceptors (Lipinski definition) is 3. The number of benzene rings is 1. The van der Waals surface area contributed by atoms with E-state index in [0.29, 0.717) is 11.1 Å². The minimum absolute atomic E-state index is 0.0239. The van der Waals surface area contributed by atoms with E-state index in [2.05, 4.69) is 4.98 Å². The molecule has 0 fully saturated rings. The van der Waals surface area contributed by atoms with Gasteiger partial charge in [-0.05, 0) is 17.2 Å². The topological polar surface area (TPSA) is 90.4 Å². The van der Waals surface area contributed by atoms with Crippen LogP contribution in [0.1, 0.15) is 15.9 Å². The standard InChI is InChI=1S/C13H11NO4/c15-7-8-1-3-9(4-2-8)11-5-10(13(17)18)6-14-12(11)16/h1-6,15H,7H2,(H,14,16)(H,17,18). The highest BCUT2D eigenvalue weighted by Crippen LogP contribution is 2.17. The zero-order valence-electron chi connectivity index (χ0n) is 9.38. The van der Waals surface area contributed by atoms with Crippen molar-refractivity contribution in [3.8, 4) is 11.1 Å². The average Bonchev–Trinajstić information content (AvgIpc) is 2.39. The zero-order valence-corrected chi connectivity index (χ0v) is 9.38. The number of carboxylic acid groups (broad SMARTS) is 1. The lowest BCUT2D eigenvalue weighted by Gasteiger charge is -2.03. The maximum Gasteiger partial charge on any atom is 0.337 e. The van der Waals surface area contributed by atoms with Gasteiger partial charge in [0.15, 0.2) is 0 Å². The lowest BCUT2D eigenvalue weighted by molar-refractivity contribution is 0.0696. The fourth-order valence-electron chi connectivity index (χ4n) is 1.61. The molecule has 1 aromatic heterocycles. The molecule has 0 atom stereocenters. The van der Waals surface area contributed by atoms with Gasteiger partial charge >= 0.3 is 5.97 Å². The van der Waals surface area contributed by atoms with Crippen LogP contribution < -0.4 is 5.56 Å². The van der Waals surface area contributed by atoms with Gasteiger partial charge in [0.2, 0.25) is 0 Å². The molecule has 0 bridgehead atoms. The van der Waals surface area contributed by atoms with Gasteiger partial charge in [0.25, 0.3) is 5.56 Å². The van der Waals surface area contributed by atoms with Crippen molar-refractivity contribution in [1.29, 1.82) is 0 Å². The van der Waals surface area contributed by atoms with Crippen LogP contribution in [0.25, 0.3) is 11.1 Å². The zero-order chi connectivity index (χ0) is 13.1. The summed E-state index contributed by atoms with van der Waals surface area (Å²) in [6, 6.07) is 8.03. The van der Waals surface area contributed by atoms with Crippen LogP contribution in [0.4, 0.5) is 0 Å². The smallest absolute Gasteiger partial charge is 0.337 e. The minimum atomic E-state index is -1.10. The number of hydrogen-bond donors (Lipinski definition) is 3. The number of carboxylic acids is 1. The van der Waals surface area contributed by atoms with Crippen molar-refractivity contribution in [1.82, 2.24) is 4.98 Å². The van der Waals surface area contributed by atoms with Crippen LogP contribution >= 0.6 is 0 Å². The van der Waals surface area contributed by atoms with Gasteiger partial charge in [-0.3, -0.25) is 4.79 Å². The number of H-pyrrole nitrogens is 1. The number of aromatic amines is 1. The number of aliphatic hydroxyl groups is 1. The molecular formula is C13H11NO4. The maximum atomic E-state index is 11.7. The molecule has 2 aromatic rings. The highest BCUT2D eigenvalue weighted by molar-refractivity contribution is 5.88. The molecule has 0 spiro atoms. The summed E-state index contributed by atoms with van der Waals surface area (Å²) in [5.74, 6) is -1.10. The lowest BCUT2D eigenvalue weighted by Crippen LogP contribution is -2.11. The van der Waals surface area contributed by atoms with Gasteiger partial charge in [-0.25, -0.2) is 4.79 Å². The highest BCUT2D eigenvalue weighted by atomic mass is 16.4. The molecule has 0 amide bonds. The number of carbonyl (C=O) groups is 1. The Kier molecular flexibility index (Phi) is 3.25. The second-order valence-electron chi connectivity index (χ2n) is 3.79. The third-order valence-electron chi connectivity index (χ3n) is 2.60. The second-order valence-corrected chi connectivity index (χ2v) is 3.79. The molecule has 2 rings (SSSR count).